The monoisotopic (exact) mass is 477 g/mol. The van der Waals surface area contributed by atoms with Crippen LogP contribution in [0.2, 0.25) is 0 Å². The normalized spacial score (nSPS) is 13.3. The Labute approximate surface area is 203 Å². The molecule has 4 rings (SSSR count). The van der Waals surface area contributed by atoms with Crippen molar-refractivity contribution in [3.63, 3.8) is 0 Å². The number of para-hydroxylation sites is 2. The number of hydrogen-bond acceptors (Lipinski definition) is 7. The SMILES string of the molecule is COC(=O)c1c(-c2ccccc2OCC(=O)N2CCCCC2)nn(-c2ccccc2)c1C(=O)OC. The van der Waals surface area contributed by atoms with E-state index in [0.29, 0.717) is 17.0 Å². The number of methoxy groups -OCH3 is 2. The number of nitrogens with zero attached hydrogens (tertiary/aromatic N) is 3. The Morgan fingerprint density at radius 2 is 1.51 bits per heavy atom. The van der Waals surface area contributed by atoms with Crippen LogP contribution in [0.1, 0.15) is 40.1 Å². The van der Waals surface area contributed by atoms with Crippen molar-refractivity contribution in [1.82, 2.24) is 14.7 Å². The van der Waals surface area contributed by atoms with Gasteiger partial charge in [-0.05, 0) is 43.5 Å². The van der Waals surface area contributed by atoms with Crippen molar-refractivity contribution in [2.24, 2.45) is 0 Å². The van der Waals surface area contributed by atoms with E-state index in [1.54, 1.807) is 53.4 Å². The van der Waals surface area contributed by atoms with Gasteiger partial charge in [0.05, 0.1) is 19.9 Å². The molecule has 0 spiro atoms. The predicted molar refractivity (Wildman–Crippen MR) is 128 cm³/mol. The second-order valence-electron chi connectivity index (χ2n) is 8.03. The van der Waals surface area contributed by atoms with E-state index in [2.05, 4.69) is 5.10 Å². The van der Waals surface area contributed by atoms with Gasteiger partial charge >= 0.3 is 11.9 Å². The average molecular weight is 478 g/mol. The van der Waals surface area contributed by atoms with Gasteiger partial charge in [-0.1, -0.05) is 30.3 Å². The molecule has 9 nitrogen and oxygen atoms in total. The molecule has 3 aromatic rings. The second kappa shape index (κ2) is 10.9. The quantitative estimate of drug-likeness (QED) is 0.480. The van der Waals surface area contributed by atoms with E-state index in [1.165, 1.54) is 18.9 Å². The highest BCUT2D eigenvalue weighted by molar-refractivity contribution is 6.07. The number of rotatable bonds is 7. The van der Waals surface area contributed by atoms with Crippen LogP contribution in [0.4, 0.5) is 0 Å². The summed E-state index contributed by atoms with van der Waals surface area (Å²) in [6.07, 6.45) is 3.09. The molecule has 1 fully saturated rings. The van der Waals surface area contributed by atoms with Crippen LogP contribution < -0.4 is 4.74 Å². The average Bonchev–Trinajstić information content (AvgIpc) is 3.32. The third kappa shape index (κ3) is 5.03. The lowest BCUT2D eigenvalue weighted by molar-refractivity contribution is -0.134. The standard InChI is InChI=1S/C26H27N3O6/c1-33-25(31)22-23(27-29(24(22)26(32)34-2)18-11-5-3-6-12-18)19-13-7-8-14-20(19)35-17-21(30)28-15-9-4-10-16-28/h3,5-8,11-14H,4,9-10,15-17H2,1-2H3. The van der Waals surface area contributed by atoms with Gasteiger partial charge in [-0.3, -0.25) is 4.79 Å². The van der Waals surface area contributed by atoms with Gasteiger partial charge in [0.25, 0.3) is 5.91 Å². The number of ether oxygens (including phenoxy) is 3. The van der Waals surface area contributed by atoms with Crippen LogP contribution in [0.5, 0.6) is 5.75 Å². The van der Waals surface area contributed by atoms with Crippen molar-refractivity contribution in [3.05, 3.63) is 65.9 Å². The van der Waals surface area contributed by atoms with Crippen LogP contribution in [0.25, 0.3) is 16.9 Å². The zero-order valence-corrected chi connectivity index (χ0v) is 19.7. The van der Waals surface area contributed by atoms with Gasteiger partial charge in [0, 0.05) is 18.7 Å². The number of hydrogen-bond donors (Lipinski definition) is 0. The highest BCUT2D eigenvalue weighted by Crippen LogP contribution is 2.35. The van der Waals surface area contributed by atoms with Gasteiger partial charge in [-0.15, -0.1) is 0 Å². The summed E-state index contributed by atoms with van der Waals surface area (Å²) in [5.41, 5.74) is 1.06. The van der Waals surface area contributed by atoms with Crippen molar-refractivity contribution in [2.45, 2.75) is 19.3 Å². The van der Waals surface area contributed by atoms with Gasteiger partial charge in [0.2, 0.25) is 0 Å². The molecule has 0 bridgehead atoms. The van der Waals surface area contributed by atoms with Crippen LogP contribution in [0.15, 0.2) is 54.6 Å². The molecule has 182 valence electrons. The number of aromatic nitrogens is 2. The number of esters is 2. The van der Waals surface area contributed by atoms with Crippen LogP contribution in [-0.4, -0.2) is 66.4 Å². The molecule has 0 saturated carbocycles. The van der Waals surface area contributed by atoms with E-state index in [-0.39, 0.29) is 29.5 Å². The van der Waals surface area contributed by atoms with Gasteiger partial charge in [0.15, 0.2) is 12.3 Å². The van der Waals surface area contributed by atoms with Crippen molar-refractivity contribution in [2.75, 3.05) is 33.9 Å². The second-order valence-corrected chi connectivity index (χ2v) is 8.03. The lowest BCUT2D eigenvalue weighted by Crippen LogP contribution is -2.38. The molecule has 0 unspecified atom stereocenters. The summed E-state index contributed by atoms with van der Waals surface area (Å²) in [6.45, 7) is 1.30. The molecule has 2 heterocycles. The lowest BCUT2D eigenvalue weighted by atomic mass is 10.0. The maximum Gasteiger partial charge on any atom is 0.357 e. The fourth-order valence-electron chi connectivity index (χ4n) is 4.11. The van der Waals surface area contributed by atoms with Gasteiger partial charge in [0.1, 0.15) is 17.0 Å². The topological polar surface area (TPSA) is 100.0 Å². The number of piperidine rings is 1. The first-order valence-electron chi connectivity index (χ1n) is 11.4. The molecule has 0 N–H and O–H groups in total. The maximum atomic E-state index is 12.9. The molecule has 1 saturated heterocycles. The first-order chi connectivity index (χ1) is 17.0. The molecular formula is C26H27N3O6. The minimum Gasteiger partial charge on any atom is -0.483 e. The molecule has 0 radical (unpaired) electrons. The van der Waals surface area contributed by atoms with Crippen molar-refractivity contribution < 1.29 is 28.6 Å². The zero-order chi connectivity index (χ0) is 24.8. The van der Waals surface area contributed by atoms with Crippen molar-refractivity contribution >= 4 is 17.8 Å². The minimum atomic E-state index is -0.748. The Balaban J connectivity index is 1.78. The molecule has 0 aliphatic carbocycles. The van der Waals surface area contributed by atoms with Gasteiger partial charge in [-0.2, -0.15) is 5.10 Å². The molecule has 35 heavy (non-hydrogen) atoms. The smallest absolute Gasteiger partial charge is 0.357 e. The molecule has 1 aliphatic heterocycles. The van der Waals surface area contributed by atoms with Gasteiger partial charge < -0.3 is 19.1 Å². The summed E-state index contributed by atoms with van der Waals surface area (Å²) in [7, 11) is 2.46. The van der Waals surface area contributed by atoms with E-state index in [1.807, 2.05) is 6.07 Å². The van der Waals surface area contributed by atoms with E-state index in [9.17, 15) is 14.4 Å². The molecule has 0 atom stereocenters. The van der Waals surface area contributed by atoms with E-state index in [4.69, 9.17) is 14.2 Å². The van der Waals surface area contributed by atoms with E-state index in [0.717, 1.165) is 32.4 Å². The molecular weight excluding hydrogens is 450 g/mol. The van der Waals surface area contributed by atoms with E-state index >= 15 is 0 Å². The van der Waals surface area contributed by atoms with Gasteiger partial charge in [-0.25, -0.2) is 14.3 Å². The Morgan fingerprint density at radius 3 is 2.20 bits per heavy atom. The van der Waals surface area contributed by atoms with Crippen LogP contribution in [-0.2, 0) is 14.3 Å². The Bertz CT molecular complexity index is 1220. The Kier molecular flexibility index (Phi) is 7.45. The molecule has 9 heteroatoms. The molecule has 2 aromatic carbocycles. The van der Waals surface area contributed by atoms with Crippen molar-refractivity contribution in [1.29, 1.82) is 0 Å². The van der Waals surface area contributed by atoms with Crippen LogP contribution >= 0.6 is 0 Å². The summed E-state index contributed by atoms with van der Waals surface area (Å²) in [4.78, 5) is 40.1. The number of benzene rings is 2. The number of likely N-dealkylation sites (tertiary alicyclic amines) is 1. The largest absolute Gasteiger partial charge is 0.483 e. The summed E-state index contributed by atoms with van der Waals surface area (Å²) in [5.74, 6) is -1.23. The molecule has 1 amide bonds. The minimum absolute atomic E-state index is 0.0541. The molecule has 1 aromatic heterocycles. The fraction of sp³-hybridized carbons (Fsp3) is 0.308. The predicted octanol–water partition coefficient (Wildman–Crippen LogP) is 3.50. The maximum absolute atomic E-state index is 12.9. The van der Waals surface area contributed by atoms with Crippen LogP contribution in [0.3, 0.4) is 0 Å². The third-order valence-corrected chi connectivity index (χ3v) is 5.86. The summed E-state index contributed by atoms with van der Waals surface area (Å²) in [5, 5.41) is 4.61. The zero-order valence-electron chi connectivity index (χ0n) is 19.7. The number of amides is 1. The third-order valence-electron chi connectivity index (χ3n) is 5.86. The summed E-state index contributed by atoms with van der Waals surface area (Å²) >= 11 is 0. The number of carbonyl (C=O) groups is 3. The van der Waals surface area contributed by atoms with Crippen molar-refractivity contribution in [3.8, 4) is 22.7 Å². The highest BCUT2D eigenvalue weighted by Gasteiger charge is 2.32. The Hall–Kier alpha value is -4.14. The lowest BCUT2D eigenvalue weighted by Gasteiger charge is -2.26. The summed E-state index contributed by atoms with van der Waals surface area (Å²) in [6, 6.07) is 15.8. The van der Waals surface area contributed by atoms with Crippen LogP contribution in [0, 0.1) is 0 Å². The first-order valence-corrected chi connectivity index (χ1v) is 11.4. The molecule has 1 aliphatic rings. The summed E-state index contributed by atoms with van der Waals surface area (Å²) < 4.78 is 17.2. The highest BCUT2D eigenvalue weighted by atomic mass is 16.5. The number of carbonyl (C=O) groups excluding carboxylic acids is 3. The van der Waals surface area contributed by atoms with E-state index < -0.39 is 11.9 Å². The Morgan fingerprint density at radius 1 is 0.857 bits per heavy atom. The fourth-order valence-corrected chi connectivity index (χ4v) is 4.11. The first kappa shape index (κ1) is 24.0.